The summed E-state index contributed by atoms with van der Waals surface area (Å²) in [7, 11) is 1.88. The van der Waals surface area contributed by atoms with Gasteiger partial charge in [0, 0.05) is 32.1 Å². The van der Waals surface area contributed by atoms with Crippen molar-refractivity contribution < 1.29 is 4.39 Å². The van der Waals surface area contributed by atoms with Crippen LogP contribution in [0.15, 0.2) is 30.7 Å². The molecule has 16 heavy (non-hydrogen) atoms. The Labute approximate surface area is 92.9 Å². The maximum atomic E-state index is 13.4. The first-order chi connectivity index (χ1) is 7.68. The minimum absolute atomic E-state index is 0.283. The van der Waals surface area contributed by atoms with Crippen LogP contribution in [0.1, 0.15) is 17.6 Å². The molecular weight excluding hydrogens is 207 g/mol. The maximum absolute atomic E-state index is 13.4. The predicted molar refractivity (Wildman–Crippen MR) is 58.0 cm³/mol. The highest BCUT2D eigenvalue weighted by Crippen LogP contribution is 2.15. The summed E-state index contributed by atoms with van der Waals surface area (Å²) in [6, 6.07) is 2.44. The molecule has 2 heterocycles. The van der Waals surface area contributed by atoms with Crippen molar-refractivity contribution in [1.82, 2.24) is 14.5 Å². The second-order valence-electron chi connectivity index (χ2n) is 3.64. The molecule has 0 aliphatic heterocycles. The van der Waals surface area contributed by atoms with E-state index in [0.717, 1.165) is 5.82 Å². The molecule has 5 heteroatoms. The van der Waals surface area contributed by atoms with Crippen molar-refractivity contribution in [1.29, 1.82) is 0 Å². The number of imidazole rings is 1. The zero-order chi connectivity index (χ0) is 11.5. The molecule has 0 bridgehead atoms. The van der Waals surface area contributed by atoms with Crippen LogP contribution in [0.5, 0.6) is 0 Å². The minimum Gasteiger partial charge on any atom is -0.338 e. The van der Waals surface area contributed by atoms with E-state index in [1.165, 1.54) is 12.3 Å². The SMILES string of the molecule is Cn1ccnc1CC(N)c1ncccc1F. The van der Waals surface area contributed by atoms with Gasteiger partial charge in [0.2, 0.25) is 0 Å². The van der Waals surface area contributed by atoms with Crippen molar-refractivity contribution in [3.63, 3.8) is 0 Å². The van der Waals surface area contributed by atoms with Gasteiger partial charge in [-0.15, -0.1) is 0 Å². The molecule has 0 amide bonds. The summed E-state index contributed by atoms with van der Waals surface area (Å²) in [5.41, 5.74) is 6.18. The van der Waals surface area contributed by atoms with Gasteiger partial charge in [-0.2, -0.15) is 0 Å². The Hall–Kier alpha value is -1.75. The van der Waals surface area contributed by atoms with Gasteiger partial charge in [-0.3, -0.25) is 4.98 Å². The van der Waals surface area contributed by atoms with E-state index in [1.807, 2.05) is 17.8 Å². The van der Waals surface area contributed by atoms with Gasteiger partial charge >= 0.3 is 0 Å². The number of halogens is 1. The number of aryl methyl sites for hydroxylation is 1. The molecule has 0 aromatic carbocycles. The lowest BCUT2D eigenvalue weighted by Crippen LogP contribution is -2.18. The molecule has 84 valence electrons. The molecular formula is C11H13FN4. The highest BCUT2D eigenvalue weighted by molar-refractivity contribution is 5.13. The summed E-state index contributed by atoms with van der Waals surface area (Å²) in [6.07, 6.45) is 5.53. The van der Waals surface area contributed by atoms with Crippen LogP contribution < -0.4 is 5.73 Å². The lowest BCUT2D eigenvalue weighted by atomic mass is 10.1. The van der Waals surface area contributed by atoms with Crippen molar-refractivity contribution in [2.75, 3.05) is 0 Å². The number of hydrogen-bond acceptors (Lipinski definition) is 3. The van der Waals surface area contributed by atoms with Gasteiger partial charge in [0.1, 0.15) is 11.6 Å². The first kappa shape index (κ1) is 10.8. The molecule has 0 spiro atoms. The fourth-order valence-corrected chi connectivity index (χ4v) is 1.56. The molecule has 2 aromatic heterocycles. The van der Waals surface area contributed by atoms with Crippen LogP contribution in [0, 0.1) is 5.82 Å². The standard InChI is InChI=1S/C11H13FN4/c1-16-6-5-14-10(16)7-9(13)11-8(12)3-2-4-15-11/h2-6,9H,7,13H2,1H3. The molecule has 2 aromatic rings. The summed E-state index contributed by atoms with van der Waals surface area (Å²) < 4.78 is 15.3. The first-order valence-corrected chi connectivity index (χ1v) is 5.00. The van der Waals surface area contributed by atoms with E-state index in [2.05, 4.69) is 9.97 Å². The molecule has 0 aliphatic carbocycles. The molecule has 0 aliphatic rings. The quantitative estimate of drug-likeness (QED) is 0.845. The van der Waals surface area contributed by atoms with Gasteiger partial charge in [0.15, 0.2) is 0 Å². The van der Waals surface area contributed by atoms with Crippen molar-refractivity contribution in [3.05, 3.63) is 48.1 Å². The van der Waals surface area contributed by atoms with Gasteiger partial charge in [0.05, 0.1) is 11.7 Å². The molecule has 0 radical (unpaired) electrons. The van der Waals surface area contributed by atoms with Crippen LogP contribution in [0.25, 0.3) is 0 Å². The van der Waals surface area contributed by atoms with Crippen molar-refractivity contribution in [2.24, 2.45) is 12.8 Å². The zero-order valence-corrected chi connectivity index (χ0v) is 8.97. The smallest absolute Gasteiger partial charge is 0.146 e. The highest BCUT2D eigenvalue weighted by atomic mass is 19.1. The predicted octanol–water partition coefficient (Wildman–Crippen LogP) is 1.20. The lowest BCUT2D eigenvalue weighted by Gasteiger charge is -2.11. The summed E-state index contributed by atoms with van der Waals surface area (Å²) >= 11 is 0. The molecule has 2 N–H and O–H groups in total. The van der Waals surface area contributed by atoms with E-state index < -0.39 is 6.04 Å². The molecule has 1 unspecified atom stereocenters. The van der Waals surface area contributed by atoms with Crippen LogP contribution in [-0.4, -0.2) is 14.5 Å². The highest BCUT2D eigenvalue weighted by Gasteiger charge is 2.14. The molecule has 1 atom stereocenters. The van der Waals surface area contributed by atoms with E-state index in [9.17, 15) is 4.39 Å². The van der Waals surface area contributed by atoms with Gasteiger partial charge in [-0.25, -0.2) is 9.37 Å². The second-order valence-corrected chi connectivity index (χ2v) is 3.64. The zero-order valence-electron chi connectivity index (χ0n) is 8.97. The van der Waals surface area contributed by atoms with Crippen molar-refractivity contribution >= 4 is 0 Å². The maximum Gasteiger partial charge on any atom is 0.146 e. The first-order valence-electron chi connectivity index (χ1n) is 5.00. The Morgan fingerprint density at radius 2 is 2.25 bits per heavy atom. The summed E-state index contributed by atoms with van der Waals surface area (Å²) in [4.78, 5) is 8.10. The Bertz CT molecular complexity index is 480. The summed E-state index contributed by atoms with van der Waals surface area (Å²) in [5, 5.41) is 0. The van der Waals surface area contributed by atoms with Crippen LogP contribution in [0.2, 0.25) is 0 Å². The Morgan fingerprint density at radius 3 is 2.88 bits per heavy atom. The van der Waals surface area contributed by atoms with E-state index in [4.69, 9.17) is 5.73 Å². The average molecular weight is 220 g/mol. The Morgan fingerprint density at radius 1 is 1.44 bits per heavy atom. The number of nitrogens with two attached hydrogens (primary N) is 1. The normalized spacial score (nSPS) is 12.7. The van der Waals surface area contributed by atoms with Gasteiger partial charge in [0.25, 0.3) is 0 Å². The van der Waals surface area contributed by atoms with Crippen LogP contribution in [0.3, 0.4) is 0 Å². The third kappa shape index (κ3) is 2.09. The monoisotopic (exact) mass is 220 g/mol. The topological polar surface area (TPSA) is 56.7 Å². The summed E-state index contributed by atoms with van der Waals surface area (Å²) in [5.74, 6) is 0.446. The average Bonchev–Trinajstić information content (AvgIpc) is 2.65. The fourth-order valence-electron chi connectivity index (χ4n) is 1.56. The van der Waals surface area contributed by atoms with Crippen molar-refractivity contribution in [3.8, 4) is 0 Å². The molecule has 0 fully saturated rings. The van der Waals surface area contributed by atoms with Crippen LogP contribution in [-0.2, 0) is 13.5 Å². The number of aromatic nitrogens is 3. The third-order valence-corrected chi connectivity index (χ3v) is 2.46. The van der Waals surface area contributed by atoms with Gasteiger partial charge in [-0.05, 0) is 12.1 Å². The van der Waals surface area contributed by atoms with Gasteiger partial charge in [-0.1, -0.05) is 0 Å². The largest absolute Gasteiger partial charge is 0.338 e. The molecule has 4 nitrogen and oxygen atoms in total. The minimum atomic E-state index is -0.470. The van der Waals surface area contributed by atoms with E-state index in [1.54, 1.807) is 12.3 Å². The molecule has 2 rings (SSSR count). The number of hydrogen-bond donors (Lipinski definition) is 1. The van der Waals surface area contributed by atoms with E-state index in [-0.39, 0.29) is 11.5 Å². The van der Waals surface area contributed by atoms with Crippen molar-refractivity contribution in [2.45, 2.75) is 12.5 Å². The number of rotatable bonds is 3. The van der Waals surface area contributed by atoms with Crippen LogP contribution >= 0.6 is 0 Å². The lowest BCUT2D eigenvalue weighted by molar-refractivity contribution is 0.554. The number of pyridine rings is 1. The molecule has 0 saturated heterocycles. The van der Waals surface area contributed by atoms with Crippen LogP contribution in [0.4, 0.5) is 4.39 Å². The molecule has 0 saturated carbocycles. The number of nitrogens with zero attached hydrogens (tertiary/aromatic N) is 3. The van der Waals surface area contributed by atoms with Gasteiger partial charge < -0.3 is 10.3 Å². The van der Waals surface area contributed by atoms with E-state index in [0.29, 0.717) is 6.42 Å². The Kier molecular flexibility index (Phi) is 2.96. The fraction of sp³-hybridized carbons (Fsp3) is 0.273. The summed E-state index contributed by atoms with van der Waals surface area (Å²) in [6.45, 7) is 0. The van der Waals surface area contributed by atoms with E-state index >= 15 is 0 Å². The third-order valence-electron chi connectivity index (χ3n) is 2.46. The second kappa shape index (κ2) is 4.40. The Balaban J connectivity index is 2.18.